The highest BCUT2D eigenvalue weighted by Crippen LogP contribution is 2.34. The van der Waals surface area contributed by atoms with Gasteiger partial charge in [0, 0.05) is 48.0 Å². The number of aromatic amines is 1. The fourth-order valence-corrected chi connectivity index (χ4v) is 2.60. The van der Waals surface area contributed by atoms with Gasteiger partial charge in [-0.3, -0.25) is 4.79 Å². The van der Waals surface area contributed by atoms with Gasteiger partial charge < -0.3 is 9.88 Å². The number of fused-ring (bicyclic) bond motifs is 1. The Morgan fingerprint density at radius 1 is 1.32 bits per heavy atom. The lowest BCUT2D eigenvalue weighted by Crippen LogP contribution is -2.16. The van der Waals surface area contributed by atoms with E-state index in [1.165, 1.54) is 5.39 Å². The second kappa shape index (κ2) is 4.43. The van der Waals surface area contributed by atoms with Crippen LogP contribution in [0.4, 0.5) is 0 Å². The first-order valence-corrected chi connectivity index (χ1v) is 6.36. The molecule has 96 valence electrons. The number of para-hydroxylation sites is 1. The van der Waals surface area contributed by atoms with Crippen LogP contribution in [0, 0.1) is 0 Å². The van der Waals surface area contributed by atoms with Crippen molar-refractivity contribution < 1.29 is 4.79 Å². The van der Waals surface area contributed by atoms with Crippen molar-refractivity contribution in [2.75, 3.05) is 7.05 Å². The fraction of sp³-hybridized carbons (Fsp3) is 0.188. The Morgan fingerprint density at radius 3 is 2.89 bits per heavy atom. The first kappa shape index (κ1) is 11.8. The van der Waals surface area contributed by atoms with E-state index in [9.17, 15) is 4.79 Å². The van der Waals surface area contributed by atoms with Crippen molar-refractivity contribution in [3.8, 4) is 0 Å². The van der Waals surface area contributed by atoms with E-state index in [0.717, 1.165) is 16.7 Å². The van der Waals surface area contributed by atoms with Crippen LogP contribution in [0.15, 0.2) is 54.5 Å². The van der Waals surface area contributed by atoms with E-state index in [-0.39, 0.29) is 11.7 Å². The van der Waals surface area contributed by atoms with E-state index in [1.807, 2.05) is 42.7 Å². The van der Waals surface area contributed by atoms with Gasteiger partial charge in [0.25, 0.3) is 0 Å². The fourth-order valence-electron chi connectivity index (χ4n) is 2.60. The van der Waals surface area contributed by atoms with Gasteiger partial charge in [-0.15, -0.1) is 0 Å². The Labute approximate surface area is 112 Å². The molecule has 0 spiro atoms. The number of ketones is 1. The Kier molecular flexibility index (Phi) is 2.75. The number of hydrogen-bond acceptors (Lipinski definition) is 2. The van der Waals surface area contributed by atoms with Crippen LogP contribution in [-0.4, -0.2) is 22.7 Å². The molecule has 2 heterocycles. The summed E-state index contributed by atoms with van der Waals surface area (Å²) in [6.45, 7) is 1.63. The summed E-state index contributed by atoms with van der Waals surface area (Å²) in [4.78, 5) is 17.0. The molecule has 0 amide bonds. The molecule has 3 heteroatoms. The molecule has 0 radical (unpaired) electrons. The highest BCUT2D eigenvalue weighted by atomic mass is 16.1. The van der Waals surface area contributed by atoms with Gasteiger partial charge in [0.15, 0.2) is 5.78 Å². The number of Topliss-reactive ketones (excluding diaryl/α,β-unsaturated/α-hetero) is 1. The number of carbonyl (C=O) groups excluding carboxylic acids is 1. The Bertz CT molecular complexity index is 694. The highest BCUT2D eigenvalue weighted by molar-refractivity contribution is 5.97. The van der Waals surface area contributed by atoms with Crippen molar-refractivity contribution in [1.82, 2.24) is 9.88 Å². The molecule has 19 heavy (non-hydrogen) atoms. The number of nitrogens with one attached hydrogen (secondary N) is 1. The molecule has 1 aromatic heterocycles. The van der Waals surface area contributed by atoms with Gasteiger partial charge in [-0.05, 0) is 18.6 Å². The van der Waals surface area contributed by atoms with Gasteiger partial charge in [-0.1, -0.05) is 24.3 Å². The van der Waals surface area contributed by atoms with Crippen LogP contribution in [0.25, 0.3) is 10.9 Å². The molecule has 0 saturated heterocycles. The summed E-state index contributed by atoms with van der Waals surface area (Å²) >= 11 is 0. The second-order valence-corrected chi connectivity index (χ2v) is 4.91. The predicted octanol–water partition coefficient (Wildman–Crippen LogP) is 3.18. The van der Waals surface area contributed by atoms with Crippen molar-refractivity contribution >= 4 is 16.7 Å². The zero-order valence-electron chi connectivity index (χ0n) is 11.1. The van der Waals surface area contributed by atoms with Crippen molar-refractivity contribution in [1.29, 1.82) is 0 Å². The van der Waals surface area contributed by atoms with Gasteiger partial charge in [0.05, 0.1) is 0 Å². The molecule has 1 unspecified atom stereocenters. The lowest BCUT2D eigenvalue weighted by Gasteiger charge is -2.23. The summed E-state index contributed by atoms with van der Waals surface area (Å²) in [7, 11) is 1.94. The zero-order chi connectivity index (χ0) is 13.4. The molecule has 1 aliphatic heterocycles. The van der Waals surface area contributed by atoms with Crippen LogP contribution in [-0.2, 0) is 4.79 Å². The molecule has 1 N–H and O–H groups in total. The number of hydrogen-bond donors (Lipinski definition) is 1. The summed E-state index contributed by atoms with van der Waals surface area (Å²) in [5.74, 6) is 0.149. The average Bonchev–Trinajstić information content (AvgIpc) is 2.82. The number of carbonyl (C=O) groups is 1. The van der Waals surface area contributed by atoms with E-state index in [2.05, 4.69) is 23.2 Å². The lowest BCUT2D eigenvalue weighted by atomic mass is 9.88. The number of benzene rings is 1. The third kappa shape index (κ3) is 1.97. The maximum Gasteiger partial charge on any atom is 0.158 e. The van der Waals surface area contributed by atoms with Crippen LogP contribution in [0.3, 0.4) is 0 Å². The summed E-state index contributed by atoms with van der Waals surface area (Å²) in [6.07, 6.45) is 7.99. The summed E-state index contributed by atoms with van der Waals surface area (Å²) in [6, 6.07) is 8.17. The third-order valence-electron chi connectivity index (χ3n) is 3.55. The summed E-state index contributed by atoms with van der Waals surface area (Å²) < 4.78 is 0. The lowest BCUT2D eigenvalue weighted by molar-refractivity contribution is -0.113. The van der Waals surface area contributed by atoms with E-state index < -0.39 is 0 Å². The van der Waals surface area contributed by atoms with Crippen molar-refractivity contribution in [3.63, 3.8) is 0 Å². The first-order chi connectivity index (χ1) is 9.16. The van der Waals surface area contributed by atoms with E-state index in [1.54, 1.807) is 6.92 Å². The average molecular weight is 252 g/mol. The predicted molar refractivity (Wildman–Crippen MR) is 76.7 cm³/mol. The van der Waals surface area contributed by atoms with Crippen molar-refractivity contribution in [2.24, 2.45) is 0 Å². The van der Waals surface area contributed by atoms with Crippen LogP contribution in [0.5, 0.6) is 0 Å². The van der Waals surface area contributed by atoms with Crippen LogP contribution in [0.1, 0.15) is 18.4 Å². The van der Waals surface area contributed by atoms with Gasteiger partial charge in [-0.2, -0.15) is 0 Å². The first-order valence-electron chi connectivity index (χ1n) is 6.36. The third-order valence-corrected chi connectivity index (χ3v) is 3.55. The molecule has 3 rings (SSSR count). The maximum atomic E-state index is 11.8. The second-order valence-electron chi connectivity index (χ2n) is 4.91. The number of rotatable bonds is 2. The minimum atomic E-state index is 0.0323. The van der Waals surface area contributed by atoms with E-state index in [0.29, 0.717) is 0 Å². The SMILES string of the molecule is CC(=O)C1=CN(C)C=CC1c1c[nH]c2ccccc12. The molecule has 1 aliphatic rings. The minimum absolute atomic E-state index is 0.0323. The standard InChI is InChI=1S/C16H16N2O/c1-11(19)15-10-18(2)8-7-12(15)14-9-17-16-6-4-3-5-13(14)16/h3-10,12,17H,1-2H3. The molecular weight excluding hydrogens is 236 g/mol. The van der Waals surface area contributed by atoms with Crippen LogP contribution in [0.2, 0.25) is 0 Å². The van der Waals surface area contributed by atoms with E-state index in [4.69, 9.17) is 0 Å². The number of allylic oxidation sites excluding steroid dienone is 2. The normalized spacial score (nSPS) is 18.7. The Balaban J connectivity index is 2.13. The minimum Gasteiger partial charge on any atom is -0.361 e. The molecular formula is C16H16N2O. The topological polar surface area (TPSA) is 36.1 Å². The molecule has 2 aromatic rings. The van der Waals surface area contributed by atoms with Crippen LogP contribution >= 0.6 is 0 Å². The Morgan fingerprint density at radius 2 is 2.11 bits per heavy atom. The van der Waals surface area contributed by atoms with Gasteiger partial charge in [0.2, 0.25) is 0 Å². The quantitative estimate of drug-likeness (QED) is 0.891. The molecule has 1 aromatic carbocycles. The van der Waals surface area contributed by atoms with Gasteiger partial charge >= 0.3 is 0 Å². The Hall–Kier alpha value is -2.29. The summed E-state index contributed by atoms with van der Waals surface area (Å²) in [5, 5.41) is 1.17. The van der Waals surface area contributed by atoms with Crippen molar-refractivity contribution in [2.45, 2.75) is 12.8 Å². The van der Waals surface area contributed by atoms with Crippen molar-refractivity contribution in [3.05, 3.63) is 60.1 Å². The zero-order valence-corrected chi connectivity index (χ0v) is 11.1. The largest absolute Gasteiger partial charge is 0.361 e. The van der Waals surface area contributed by atoms with Gasteiger partial charge in [-0.25, -0.2) is 0 Å². The smallest absolute Gasteiger partial charge is 0.158 e. The molecule has 3 nitrogen and oxygen atoms in total. The molecule has 0 saturated carbocycles. The maximum absolute atomic E-state index is 11.8. The molecule has 0 fully saturated rings. The molecule has 1 atom stereocenters. The van der Waals surface area contributed by atoms with Gasteiger partial charge in [0.1, 0.15) is 0 Å². The highest BCUT2D eigenvalue weighted by Gasteiger charge is 2.23. The molecule has 0 bridgehead atoms. The van der Waals surface area contributed by atoms with Crippen LogP contribution < -0.4 is 0 Å². The number of aromatic nitrogens is 1. The molecule has 0 aliphatic carbocycles. The summed E-state index contributed by atoms with van der Waals surface area (Å²) in [5.41, 5.74) is 3.09. The number of nitrogens with zero attached hydrogens (tertiary/aromatic N) is 1. The van der Waals surface area contributed by atoms with E-state index >= 15 is 0 Å². The number of H-pyrrole nitrogens is 1. The monoisotopic (exact) mass is 252 g/mol.